The molecule has 2 aromatic rings. The summed E-state index contributed by atoms with van der Waals surface area (Å²) in [6.45, 7) is 0.637. The van der Waals surface area contributed by atoms with Gasteiger partial charge < -0.3 is 5.32 Å². The van der Waals surface area contributed by atoms with Gasteiger partial charge in [-0.05, 0) is 49.2 Å². The van der Waals surface area contributed by atoms with Crippen molar-refractivity contribution in [1.82, 2.24) is 4.31 Å². The zero-order chi connectivity index (χ0) is 21.1. The van der Waals surface area contributed by atoms with Crippen LogP contribution in [0, 0.1) is 5.92 Å². The molecule has 1 fully saturated rings. The van der Waals surface area contributed by atoms with Gasteiger partial charge in [-0.15, -0.1) is 0 Å². The number of amides is 1. The lowest BCUT2D eigenvalue weighted by Crippen LogP contribution is -2.40. The monoisotopic (exact) mass is 437 g/mol. The van der Waals surface area contributed by atoms with Gasteiger partial charge in [0.2, 0.25) is 15.9 Å². The average molecular weight is 438 g/mol. The highest BCUT2D eigenvalue weighted by Crippen LogP contribution is 2.22. The predicted molar refractivity (Wildman–Crippen MR) is 111 cm³/mol. The van der Waals surface area contributed by atoms with E-state index in [-0.39, 0.29) is 16.7 Å². The van der Waals surface area contributed by atoms with Gasteiger partial charge in [0.15, 0.2) is 0 Å². The minimum Gasteiger partial charge on any atom is -0.326 e. The molecule has 156 valence electrons. The van der Waals surface area contributed by atoms with Crippen LogP contribution in [0.5, 0.6) is 0 Å². The SMILES string of the molecule is CS(=O)(=O)N1CCC(C(=O)Nc2ccc(S(=O)(=O)Nc3ccccc3)cc2)CC1. The fourth-order valence-corrected chi connectivity index (χ4v) is 5.06. The summed E-state index contributed by atoms with van der Waals surface area (Å²) >= 11 is 0. The van der Waals surface area contributed by atoms with E-state index in [0.29, 0.717) is 37.3 Å². The summed E-state index contributed by atoms with van der Waals surface area (Å²) in [6.07, 6.45) is 2.06. The predicted octanol–water partition coefficient (Wildman–Crippen LogP) is 2.10. The van der Waals surface area contributed by atoms with E-state index < -0.39 is 20.0 Å². The van der Waals surface area contributed by atoms with Crippen LogP contribution in [0.1, 0.15) is 12.8 Å². The number of rotatable bonds is 6. The fraction of sp³-hybridized carbons (Fsp3) is 0.316. The smallest absolute Gasteiger partial charge is 0.261 e. The first kappa shape index (κ1) is 21.3. The van der Waals surface area contributed by atoms with Crippen molar-refractivity contribution in [2.75, 3.05) is 29.4 Å². The lowest BCUT2D eigenvalue weighted by molar-refractivity contribution is -0.120. The third kappa shape index (κ3) is 5.55. The molecule has 2 N–H and O–H groups in total. The minimum absolute atomic E-state index is 0.0841. The van der Waals surface area contributed by atoms with Crippen molar-refractivity contribution >= 4 is 37.3 Å². The third-order valence-corrected chi connectivity index (χ3v) is 7.45. The average Bonchev–Trinajstić information content (AvgIpc) is 2.68. The molecule has 0 saturated carbocycles. The molecule has 3 rings (SSSR count). The van der Waals surface area contributed by atoms with E-state index in [1.807, 2.05) is 0 Å². The summed E-state index contributed by atoms with van der Waals surface area (Å²) < 4.78 is 51.9. The molecule has 0 unspecified atom stereocenters. The first-order valence-corrected chi connectivity index (χ1v) is 12.4. The molecule has 0 spiro atoms. The van der Waals surface area contributed by atoms with Gasteiger partial charge in [0.05, 0.1) is 11.2 Å². The highest BCUT2D eigenvalue weighted by Gasteiger charge is 2.29. The first-order chi connectivity index (χ1) is 13.6. The second-order valence-corrected chi connectivity index (χ2v) is 10.6. The molecular formula is C19H23N3O5S2. The number of carbonyl (C=O) groups excluding carboxylic acids is 1. The van der Waals surface area contributed by atoms with Crippen molar-refractivity contribution in [3.63, 3.8) is 0 Å². The molecule has 1 heterocycles. The van der Waals surface area contributed by atoms with E-state index in [2.05, 4.69) is 10.0 Å². The van der Waals surface area contributed by atoms with Crippen molar-refractivity contribution in [2.24, 2.45) is 5.92 Å². The third-order valence-electron chi connectivity index (χ3n) is 4.75. The summed E-state index contributed by atoms with van der Waals surface area (Å²) in [7, 11) is -6.96. The van der Waals surface area contributed by atoms with Crippen LogP contribution in [-0.4, -0.2) is 46.4 Å². The highest BCUT2D eigenvalue weighted by atomic mass is 32.2. The number of hydrogen-bond acceptors (Lipinski definition) is 5. The van der Waals surface area contributed by atoms with Crippen molar-refractivity contribution in [3.8, 4) is 0 Å². The standard InChI is InChI=1S/C19H23N3O5S2/c1-28(24,25)22-13-11-15(12-14-22)19(23)20-16-7-9-18(10-8-16)29(26,27)21-17-5-3-2-4-6-17/h2-10,15,21H,11-14H2,1H3,(H,20,23). The van der Waals surface area contributed by atoms with Crippen LogP contribution in [-0.2, 0) is 24.8 Å². The quantitative estimate of drug-likeness (QED) is 0.719. The summed E-state index contributed by atoms with van der Waals surface area (Å²) in [6, 6.07) is 14.5. The Hall–Kier alpha value is -2.43. The van der Waals surface area contributed by atoms with Crippen LogP contribution >= 0.6 is 0 Å². The molecule has 2 aromatic carbocycles. The number of benzene rings is 2. The Bertz CT molecular complexity index is 1060. The van der Waals surface area contributed by atoms with Gasteiger partial charge in [-0.2, -0.15) is 0 Å². The molecule has 1 amide bonds. The van der Waals surface area contributed by atoms with E-state index >= 15 is 0 Å². The lowest BCUT2D eigenvalue weighted by Gasteiger charge is -2.29. The zero-order valence-corrected chi connectivity index (χ0v) is 17.5. The second-order valence-electron chi connectivity index (χ2n) is 6.92. The van der Waals surface area contributed by atoms with Crippen molar-refractivity contribution in [3.05, 3.63) is 54.6 Å². The Morgan fingerprint density at radius 3 is 2.03 bits per heavy atom. The van der Waals surface area contributed by atoms with Crippen molar-refractivity contribution < 1.29 is 21.6 Å². The number of sulfonamides is 2. The number of carbonyl (C=O) groups is 1. The molecule has 0 radical (unpaired) electrons. The molecule has 8 nitrogen and oxygen atoms in total. The van der Waals surface area contributed by atoms with Gasteiger partial charge in [0, 0.05) is 30.4 Å². The molecule has 10 heteroatoms. The van der Waals surface area contributed by atoms with Crippen LogP contribution in [0.4, 0.5) is 11.4 Å². The van der Waals surface area contributed by atoms with Crippen LogP contribution in [0.15, 0.2) is 59.5 Å². The largest absolute Gasteiger partial charge is 0.326 e. The summed E-state index contributed by atoms with van der Waals surface area (Å²) in [5.74, 6) is -0.479. The van der Waals surface area contributed by atoms with E-state index in [0.717, 1.165) is 6.26 Å². The molecule has 1 aliphatic heterocycles. The van der Waals surface area contributed by atoms with Gasteiger partial charge >= 0.3 is 0 Å². The van der Waals surface area contributed by atoms with E-state index in [1.165, 1.54) is 28.6 Å². The molecule has 1 saturated heterocycles. The zero-order valence-electron chi connectivity index (χ0n) is 15.9. The molecule has 0 aromatic heterocycles. The van der Waals surface area contributed by atoms with Crippen LogP contribution in [0.3, 0.4) is 0 Å². The van der Waals surface area contributed by atoms with Crippen molar-refractivity contribution in [1.29, 1.82) is 0 Å². The summed E-state index contributed by atoms with van der Waals surface area (Å²) in [4.78, 5) is 12.5. The van der Waals surface area contributed by atoms with Gasteiger partial charge in [-0.25, -0.2) is 21.1 Å². The van der Waals surface area contributed by atoms with E-state index in [4.69, 9.17) is 0 Å². The van der Waals surface area contributed by atoms with E-state index in [9.17, 15) is 21.6 Å². The van der Waals surface area contributed by atoms with E-state index in [1.54, 1.807) is 30.3 Å². The topological polar surface area (TPSA) is 113 Å². The molecule has 29 heavy (non-hydrogen) atoms. The van der Waals surface area contributed by atoms with Crippen LogP contribution in [0.2, 0.25) is 0 Å². The Morgan fingerprint density at radius 2 is 1.48 bits per heavy atom. The van der Waals surface area contributed by atoms with Gasteiger partial charge in [-0.3, -0.25) is 9.52 Å². The minimum atomic E-state index is -3.72. The second kappa shape index (κ2) is 8.52. The molecule has 0 aliphatic carbocycles. The van der Waals surface area contributed by atoms with Crippen LogP contribution < -0.4 is 10.0 Å². The normalized spacial score (nSPS) is 16.3. The summed E-state index contributed by atoms with van der Waals surface area (Å²) in [5.41, 5.74) is 0.949. The van der Waals surface area contributed by atoms with Gasteiger partial charge in [0.1, 0.15) is 0 Å². The molecule has 1 aliphatic rings. The Morgan fingerprint density at radius 1 is 0.897 bits per heavy atom. The molecule has 0 bridgehead atoms. The maximum atomic E-state index is 12.4. The Balaban J connectivity index is 1.60. The maximum Gasteiger partial charge on any atom is 0.261 e. The molecular weight excluding hydrogens is 414 g/mol. The number of piperidine rings is 1. The number of nitrogens with one attached hydrogen (secondary N) is 2. The molecule has 0 atom stereocenters. The van der Waals surface area contributed by atoms with Crippen molar-refractivity contribution in [2.45, 2.75) is 17.7 Å². The number of nitrogens with zero attached hydrogens (tertiary/aromatic N) is 1. The Labute approximate surface area is 171 Å². The Kier molecular flexibility index (Phi) is 6.25. The lowest BCUT2D eigenvalue weighted by atomic mass is 9.97. The number of para-hydroxylation sites is 1. The fourth-order valence-electron chi connectivity index (χ4n) is 3.13. The van der Waals surface area contributed by atoms with Gasteiger partial charge in [-0.1, -0.05) is 18.2 Å². The first-order valence-electron chi connectivity index (χ1n) is 9.09. The summed E-state index contributed by atoms with van der Waals surface area (Å²) in [5, 5.41) is 2.77. The van der Waals surface area contributed by atoms with Crippen LogP contribution in [0.25, 0.3) is 0 Å². The maximum absolute atomic E-state index is 12.4. The highest BCUT2D eigenvalue weighted by molar-refractivity contribution is 7.92. The number of anilines is 2. The van der Waals surface area contributed by atoms with Gasteiger partial charge in [0.25, 0.3) is 10.0 Å². The number of hydrogen-bond donors (Lipinski definition) is 2.